The third-order valence-corrected chi connectivity index (χ3v) is 1.01. The summed E-state index contributed by atoms with van der Waals surface area (Å²) in [5.41, 5.74) is 0. The molecule has 0 saturated heterocycles. The van der Waals surface area contributed by atoms with Crippen LogP contribution in [0.4, 0.5) is 0 Å². The van der Waals surface area contributed by atoms with Gasteiger partial charge in [-0.15, -0.1) is 4.99 Å². The molecule has 3 nitrogen and oxygen atoms in total. The predicted molar refractivity (Wildman–Crippen MR) is 30.7 cm³/mol. The minimum absolute atomic E-state index is 0.713. The summed E-state index contributed by atoms with van der Waals surface area (Å²) in [7, 11) is 0. The topological polar surface area (TPSA) is 30.6 Å². The molecular weight excluding hydrogens is 102 g/mol. The van der Waals surface area contributed by atoms with Crippen LogP contribution in [0.3, 0.4) is 0 Å². The number of nitrogens with zero attached hydrogens (tertiary/aromatic N) is 3. The van der Waals surface area contributed by atoms with E-state index in [1.165, 1.54) is 0 Å². The van der Waals surface area contributed by atoms with Gasteiger partial charge in [0.05, 0.1) is 12.1 Å². The Kier molecular flexibility index (Phi) is 0.545. The van der Waals surface area contributed by atoms with Gasteiger partial charge in [0.1, 0.15) is 0 Å². The van der Waals surface area contributed by atoms with Crippen molar-refractivity contribution in [3.05, 3.63) is 18.6 Å². The lowest BCUT2D eigenvalue weighted by Gasteiger charge is -1.80. The van der Waals surface area contributed by atoms with Crippen molar-refractivity contribution < 1.29 is 0 Å². The third kappa shape index (κ3) is 0.320. The third-order valence-electron chi connectivity index (χ3n) is 1.01. The summed E-state index contributed by atoms with van der Waals surface area (Å²) in [6.45, 7) is 0. The molecule has 0 fully saturated rings. The molecular formula is C5H3N3+. The molecule has 0 spiro atoms. The molecule has 0 aromatic carbocycles. The van der Waals surface area contributed by atoms with Crippen LogP contribution >= 0.6 is 0 Å². The minimum atomic E-state index is 0.713. The number of fused-ring (bicyclic) bond motifs is 1. The molecule has 0 unspecified atom stereocenters. The highest BCUT2D eigenvalue weighted by Crippen LogP contribution is 2.02. The van der Waals surface area contributed by atoms with Gasteiger partial charge in [0, 0.05) is 0 Å². The first kappa shape index (κ1) is 3.78. The summed E-state index contributed by atoms with van der Waals surface area (Å²) >= 11 is 0. The fourth-order valence-electron chi connectivity index (χ4n) is 0.641. The molecule has 37 valence electrons. The van der Waals surface area contributed by atoms with Crippen molar-refractivity contribution in [1.29, 1.82) is 0 Å². The van der Waals surface area contributed by atoms with E-state index in [0.29, 0.717) is 5.96 Å². The second kappa shape index (κ2) is 1.15. The molecule has 0 aromatic heterocycles. The van der Waals surface area contributed by atoms with E-state index in [-0.39, 0.29) is 0 Å². The Hall–Kier alpha value is -1.18. The van der Waals surface area contributed by atoms with E-state index in [1.54, 1.807) is 17.3 Å². The number of aliphatic imine (C=N–C) groups is 2. The van der Waals surface area contributed by atoms with E-state index >= 15 is 0 Å². The van der Waals surface area contributed by atoms with Gasteiger partial charge in [-0.3, -0.25) is 0 Å². The second-order valence-corrected chi connectivity index (χ2v) is 1.50. The molecule has 2 heterocycles. The zero-order valence-electron chi connectivity index (χ0n) is 4.07. The van der Waals surface area contributed by atoms with Crippen molar-refractivity contribution in [1.82, 2.24) is 4.90 Å². The van der Waals surface area contributed by atoms with Crippen LogP contribution in [-0.4, -0.2) is 11.8 Å². The lowest BCUT2D eigenvalue weighted by atomic mass is 10.8. The first-order valence-electron chi connectivity index (χ1n) is 2.29. The van der Waals surface area contributed by atoms with E-state index < -0.39 is 0 Å². The molecule has 8 heavy (non-hydrogen) atoms. The molecule has 0 saturated carbocycles. The van der Waals surface area contributed by atoms with Crippen LogP contribution in [0.15, 0.2) is 28.6 Å². The molecule has 0 aliphatic carbocycles. The van der Waals surface area contributed by atoms with E-state index in [1.807, 2.05) is 6.20 Å². The molecule has 0 N–H and O–H groups in total. The molecule has 0 aromatic rings. The summed E-state index contributed by atoms with van der Waals surface area (Å²) in [6, 6.07) is 0. The number of hydrogen-bond acceptors (Lipinski definition) is 3. The maximum Gasteiger partial charge on any atom is 0.398 e. The van der Waals surface area contributed by atoms with Crippen molar-refractivity contribution in [2.24, 2.45) is 9.98 Å². The lowest BCUT2D eigenvalue weighted by Crippen LogP contribution is -2.16. The van der Waals surface area contributed by atoms with Crippen LogP contribution in [0.25, 0.3) is 0 Å². The van der Waals surface area contributed by atoms with Crippen LogP contribution in [0.2, 0.25) is 0 Å². The predicted octanol–water partition coefficient (Wildman–Crippen LogP) is 0.164. The average Bonchev–Trinajstić information content (AvgIpc) is 2.15. The van der Waals surface area contributed by atoms with E-state index in [2.05, 4.69) is 15.9 Å². The van der Waals surface area contributed by atoms with Crippen molar-refractivity contribution in [2.75, 3.05) is 0 Å². The van der Waals surface area contributed by atoms with Crippen molar-refractivity contribution >= 4 is 11.8 Å². The van der Waals surface area contributed by atoms with Crippen molar-refractivity contribution in [3.63, 3.8) is 0 Å². The zero-order chi connectivity index (χ0) is 5.40. The number of hydrogen-bond donors (Lipinski definition) is 0. The van der Waals surface area contributed by atoms with E-state index in [0.717, 1.165) is 0 Å². The largest absolute Gasteiger partial charge is 0.398 e. The number of rotatable bonds is 0. The summed E-state index contributed by atoms with van der Waals surface area (Å²) in [6.07, 6.45) is 5.28. The van der Waals surface area contributed by atoms with Gasteiger partial charge in [-0.25, -0.2) is 0 Å². The highest BCUT2D eigenvalue weighted by molar-refractivity contribution is 5.97. The average molecular weight is 105 g/mol. The van der Waals surface area contributed by atoms with Gasteiger partial charge in [-0.05, 0) is 4.90 Å². The van der Waals surface area contributed by atoms with Crippen molar-refractivity contribution in [3.8, 4) is 0 Å². The van der Waals surface area contributed by atoms with Gasteiger partial charge in [0.25, 0.3) is 0 Å². The van der Waals surface area contributed by atoms with Gasteiger partial charge in [0.2, 0.25) is 6.20 Å². The van der Waals surface area contributed by atoms with Gasteiger partial charge in [0.15, 0.2) is 6.20 Å². The summed E-state index contributed by atoms with van der Waals surface area (Å²) < 4.78 is 0. The van der Waals surface area contributed by atoms with Crippen LogP contribution in [-0.2, 0) is 0 Å². The maximum atomic E-state index is 3.90. The molecule has 0 atom stereocenters. The summed E-state index contributed by atoms with van der Waals surface area (Å²) in [5, 5.41) is 0. The van der Waals surface area contributed by atoms with E-state index in [4.69, 9.17) is 0 Å². The molecule has 1 radical (unpaired) electrons. The fourth-order valence-corrected chi connectivity index (χ4v) is 0.641. The van der Waals surface area contributed by atoms with Crippen LogP contribution < -0.4 is 4.90 Å². The zero-order valence-corrected chi connectivity index (χ0v) is 4.07. The van der Waals surface area contributed by atoms with Gasteiger partial charge in [-0.2, -0.15) is 4.99 Å². The summed E-state index contributed by atoms with van der Waals surface area (Å²) in [4.78, 5) is 9.51. The molecule has 3 heteroatoms. The Morgan fingerprint density at radius 1 is 1.62 bits per heavy atom. The Morgan fingerprint density at radius 3 is 3.50 bits per heavy atom. The maximum absolute atomic E-state index is 3.90. The smallest absolute Gasteiger partial charge is 0.174 e. The Balaban J connectivity index is 2.49. The normalized spacial score (nSPS) is 22.2. The fraction of sp³-hybridized carbons (Fsp3) is 0. The van der Waals surface area contributed by atoms with Crippen LogP contribution in [0, 0.1) is 0 Å². The highest BCUT2D eigenvalue weighted by Gasteiger charge is 2.25. The first-order valence-corrected chi connectivity index (χ1v) is 2.29. The Labute approximate surface area is 46.4 Å². The molecule has 2 aliphatic rings. The van der Waals surface area contributed by atoms with Crippen LogP contribution in [0.1, 0.15) is 0 Å². The van der Waals surface area contributed by atoms with Gasteiger partial charge in [-0.1, -0.05) is 0 Å². The van der Waals surface area contributed by atoms with E-state index in [9.17, 15) is 0 Å². The summed E-state index contributed by atoms with van der Waals surface area (Å²) in [5.74, 6) is 3.38. The molecule has 2 rings (SSSR count). The standard InChI is InChI=1S/C5H3N3/c1-3-8-4-2-7-5(8)6-1/h1,3-4H/q+1. The minimum Gasteiger partial charge on any atom is -0.174 e. The lowest BCUT2D eigenvalue weighted by molar-refractivity contribution is 0.992. The molecule has 0 bridgehead atoms. The van der Waals surface area contributed by atoms with Gasteiger partial charge >= 0.3 is 5.96 Å². The first-order chi connectivity index (χ1) is 3.97. The Bertz CT molecular complexity index is 230. The van der Waals surface area contributed by atoms with Crippen LogP contribution in [0.5, 0.6) is 0 Å². The Morgan fingerprint density at radius 2 is 2.62 bits per heavy atom. The van der Waals surface area contributed by atoms with Gasteiger partial charge < -0.3 is 0 Å². The quantitative estimate of drug-likeness (QED) is 0.393. The monoisotopic (exact) mass is 105 g/mol. The van der Waals surface area contributed by atoms with Crippen molar-refractivity contribution in [2.45, 2.75) is 0 Å². The SMILES string of the molecule is C1=C[N+]2C=CN=C2N=1. The second-order valence-electron chi connectivity index (χ2n) is 1.50. The molecule has 2 aliphatic heterocycles. The highest BCUT2D eigenvalue weighted by atomic mass is 15.3. The number of guanidine groups is 1. The molecule has 0 amide bonds.